The van der Waals surface area contributed by atoms with Crippen LogP contribution in [0.25, 0.3) is 11.3 Å². The number of pyridine rings is 1. The van der Waals surface area contributed by atoms with Crippen LogP contribution >= 0.6 is 0 Å². The first kappa shape index (κ1) is 26.7. The Labute approximate surface area is 212 Å². The lowest BCUT2D eigenvalue weighted by Gasteiger charge is -2.08. The molecule has 1 aromatic heterocycles. The lowest BCUT2D eigenvalue weighted by Crippen LogP contribution is -2.08. The molecular formula is C30H33NO5. The maximum atomic E-state index is 12.5. The van der Waals surface area contributed by atoms with Crippen molar-refractivity contribution < 1.29 is 23.8 Å². The van der Waals surface area contributed by atoms with Gasteiger partial charge < -0.3 is 14.2 Å². The summed E-state index contributed by atoms with van der Waals surface area (Å²) in [4.78, 5) is 28.0. The summed E-state index contributed by atoms with van der Waals surface area (Å²) in [6.45, 7) is 6.51. The van der Waals surface area contributed by atoms with E-state index in [2.05, 4.69) is 24.6 Å². The molecule has 0 fully saturated rings. The molecular weight excluding hydrogens is 454 g/mol. The van der Waals surface area contributed by atoms with E-state index in [0.29, 0.717) is 30.3 Å². The Morgan fingerprint density at radius 1 is 0.861 bits per heavy atom. The molecule has 6 nitrogen and oxygen atoms in total. The molecule has 36 heavy (non-hydrogen) atoms. The summed E-state index contributed by atoms with van der Waals surface area (Å²) in [5, 5.41) is 0. The molecule has 0 radical (unpaired) electrons. The van der Waals surface area contributed by atoms with Crippen LogP contribution < -0.4 is 9.47 Å². The number of benzene rings is 2. The van der Waals surface area contributed by atoms with Crippen LogP contribution in [0.5, 0.6) is 11.5 Å². The van der Waals surface area contributed by atoms with Gasteiger partial charge in [-0.15, -0.1) is 0 Å². The highest BCUT2D eigenvalue weighted by Crippen LogP contribution is 2.22. The van der Waals surface area contributed by atoms with Gasteiger partial charge in [-0.2, -0.15) is 0 Å². The van der Waals surface area contributed by atoms with Crippen LogP contribution in [0, 0.1) is 0 Å². The molecule has 1 heterocycles. The first-order valence-corrected chi connectivity index (χ1v) is 12.4. The van der Waals surface area contributed by atoms with Gasteiger partial charge in [-0.25, -0.2) is 9.59 Å². The molecule has 6 heteroatoms. The largest absolute Gasteiger partial charge is 0.494 e. The summed E-state index contributed by atoms with van der Waals surface area (Å²) < 4.78 is 16.2. The molecule has 3 rings (SSSR count). The van der Waals surface area contributed by atoms with Crippen molar-refractivity contribution in [3.63, 3.8) is 0 Å². The van der Waals surface area contributed by atoms with E-state index in [-0.39, 0.29) is 5.97 Å². The number of aromatic nitrogens is 1. The highest BCUT2D eigenvalue weighted by molar-refractivity contribution is 5.91. The first-order chi connectivity index (χ1) is 17.6. The van der Waals surface area contributed by atoms with Crippen molar-refractivity contribution in [2.45, 2.75) is 45.4 Å². The first-order valence-electron chi connectivity index (χ1n) is 12.4. The van der Waals surface area contributed by atoms with E-state index in [9.17, 15) is 9.59 Å². The summed E-state index contributed by atoms with van der Waals surface area (Å²) in [5.74, 6) is 0.373. The topological polar surface area (TPSA) is 74.7 Å². The molecule has 3 aromatic rings. The van der Waals surface area contributed by atoms with Crippen LogP contribution in [0.2, 0.25) is 0 Å². The Bertz CT molecular complexity index is 1110. The average Bonchev–Trinajstić information content (AvgIpc) is 2.91. The van der Waals surface area contributed by atoms with E-state index in [1.807, 2.05) is 24.4 Å². The lowest BCUT2D eigenvalue weighted by atomic mass is 10.1. The van der Waals surface area contributed by atoms with Crippen molar-refractivity contribution in [2.75, 3.05) is 13.2 Å². The smallest absolute Gasteiger partial charge is 0.343 e. The van der Waals surface area contributed by atoms with Crippen LogP contribution in [0.4, 0.5) is 0 Å². The van der Waals surface area contributed by atoms with Crippen LogP contribution in [-0.2, 0) is 16.0 Å². The highest BCUT2D eigenvalue weighted by Gasteiger charge is 2.10. The fourth-order valence-corrected chi connectivity index (χ4v) is 3.56. The summed E-state index contributed by atoms with van der Waals surface area (Å²) in [6, 6.07) is 18.4. The lowest BCUT2D eigenvalue weighted by molar-refractivity contribution is -0.137. The number of carbonyl (C=O) groups is 2. The molecule has 0 N–H and O–H groups in total. The fraction of sp³-hybridized carbons (Fsp3) is 0.300. The molecule has 0 saturated carbocycles. The van der Waals surface area contributed by atoms with Gasteiger partial charge in [0, 0.05) is 17.8 Å². The van der Waals surface area contributed by atoms with Gasteiger partial charge in [0.25, 0.3) is 0 Å². The number of hydrogen-bond donors (Lipinski definition) is 0. The molecule has 0 aliphatic rings. The number of carbonyl (C=O) groups excluding carboxylic acids is 2. The van der Waals surface area contributed by atoms with E-state index in [1.165, 1.54) is 11.6 Å². The summed E-state index contributed by atoms with van der Waals surface area (Å²) in [6.07, 6.45) is 8.85. The molecule has 0 atom stereocenters. The Morgan fingerprint density at radius 2 is 1.56 bits per heavy atom. The van der Waals surface area contributed by atoms with Crippen LogP contribution in [0.3, 0.4) is 0 Å². The predicted molar refractivity (Wildman–Crippen MR) is 140 cm³/mol. The Hall–Kier alpha value is -3.93. The zero-order chi connectivity index (χ0) is 25.6. The van der Waals surface area contributed by atoms with Crippen LogP contribution in [0.15, 0.2) is 79.5 Å². The van der Waals surface area contributed by atoms with Gasteiger partial charge in [0.2, 0.25) is 0 Å². The Balaban J connectivity index is 1.39. The maximum Gasteiger partial charge on any atom is 0.343 e. The van der Waals surface area contributed by atoms with E-state index < -0.39 is 5.97 Å². The van der Waals surface area contributed by atoms with Gasteiger partial charge >= 0.3 is 11.9 Å². The summed E-state index contributed by atoms with van der Waals surface area (Å²) in [5.41, 5.74) is 3.53. The number of rotatable bonds is 14. The monoisotopic (exact) mass is 487 g/mol. The number of ether oxygens (including phenoxy) is 3. The van der Waals surface area contributed by atoms with Crippen LogP contribution in [0.1, 0.15) is 54.9 Å². The van der Waals surface area contributed by atoms with E-state index in [4.69, 9.17) is 14.2 Å². The van der Waals surface area contributed by atoms with Gasteiger partial charge in [0.15, 0.2) is 0 Å². The Morgan fingerprint density at radius 3 is 2.19 bits per heavy atom. The van der Waals surface area contributed by atoms with Crippen LogP contribution in [-0.4, -0.2) is 30.1 Å². The van der Waals surface area contributed by atoms with Crippen molar-refractivity contribution in [2.24, 2.45) is 0 Å². The minimum Gasteiger partial charge on any atom is -0.494 e. The molecule has 0 aliphatic heterocycles. The third kappa shape index (κ3) is 8.69. The van der Waals surface area contributed by atoms with Gasteiger partial charge in [0.05, 0.1) is 24.5 Å². The van der Waals surface area contributed by atoms with Crippen molar-refractivity contribution in [1.82, 2.24) is 4.98 Å². The zero-order valence-electron chi connectivity index (χ0n) is 20.8. The number of nitrogens with zero attached hydrogens (tertiary/aromatic N) is 1. The van der Waals surface area contributed by atoms with E-state index in [1.54, 1.807) is 36.4 Å². The number of aryl methyl sites for hydroxylation is 1. The van der Waals surface area contributed by atoms with Crippen molar-refractivity contribution in [3.05, 3.63) is 90.6 Å². The number of hydrogen-bond acceptors (Lipinski definition) is 6. The maximum absolute atomic E-state index is 12.5. The molecule has 0 amide bonds. The molecule has 2 aromatic carbocycles. The second kappa shape index (κ2) is 14.5. The van der Waals surface area contributed by atoms with Crippen molar-refractivity contribution in [1.29, 1.82) is 0 Å². The van der Waals surface area contributed by atoms with Gasteiger partial charge in [-0.1, -0.05) is 26.0 Å². The third-order valence-corrected chi connectivity index (χ3v) is 5.53. The molecule has 188 valence electrons. The van der Waals surface area contributed by atoms with Gasteiger partial charge in [0.1, 0.15) is 11.5 Å². The average molecular weight is 488 g/mol. The number of esters is 2. The molecule has 0 aliphatic carbocycles. The second-order valence-corrected chi connectivity index (χ2v) is 8.37. The normalized spacial score (nSPS) is 10.5. The number of unbranched alkanes of at least 4 members (excludes halogenated alkanes) is 3. The molecule has 0 spiro atoms. The quantitative estimate of drug-likeness (QED) is 0.111. The van der Waals surface area contributed by atoms with Crippen molar-refractivity contribution >= 4 is 11.9 Å². The SMILES string of the molecule is C=CC(=O)OCCCCCCOc1ccc(C(=O)Oc2ccc(-c3ccc(CCC)cn3)cc2)cc1. The molecule has 0 unspecified atom stereocenters. The molecule has 0 saturated heterocycles. The fourth-order valence-electron chi connectivity index (χ4n) is 3.56. The standard InChI is InChI=1S/C30H33NO5/c1-3-9-23-10-19-28(31-22-23)24-11-17-27(18-12-24)36-30(33)25-13-15-26(16-14-25)34-20-7-5-6-8-21-35-29(32)4-2/h4,10-19,22H,2-3,5-9,20-21H2,1H3. The third-order valence-electron chi connectivity index (χ3n) is 5.53. The minimum absolute atomic E-state index is 0.384. The highest BCUT2D eigenvalue weighted by atomic mass is 16.5. The van der Waals surface area contributed by atoms with Crippen molar-refractivity contribution in [3.8, 4) is 22.8 Å². The Kier molecular flexibility index (Phi) is 10.7. The second-order valence-electron chi connectivity index (χ2n) is 8.37. The summed E-state index contributed by atoms with van der Waals surface area (Å²) >= 11 is 0. The predicted octanol–water partition coefficient (Wildman–Crippen LogP) is 6.59. The van der Waals surface area contributed by atoms with E-state index in [0.717, 1.165) is 49.8 Å². The van der Waals surface area contributed by atoms with E-state index >= 15 is 0 Å². The molecule has 0 bridgehead atoms. The zero-order valence-corrected chi connectivity index (χ0v) is 20.8. The van der Waals surface area contributed by atoms with Gasteiger partial charge in [-0.05, 0) is 92.3 Å². The minimum atomic E-state index is -0.423. The summed E-state index contributed by atoms with van der Waals surface area (Å²) in [7, 11) is 0. The van der Waals surface area contributed by atoms with Gasteiger partial charge in [-0.3, -0.25) is 4.98 Å².